The predicted molar refractivity (Wildman–Crippen MR) is 166 cm³/mol. The van der Waals surface area contributed by atoms with Crippen molar-refractivity contribution in [3.05, 3.63) is 83.9 Å². The normalized spacial score (nSPS) is 12.1. The van der Waals surface area contributed by atoms with Gasteiger partial charge in [0.1, 0.15) is 0 Å². The van der Waals surface area contributed by atoms with Crippen LogP contribution in [0.4, 0.5) is 0 Å². The minimum Gasteiger partial charge on any atom is -0.481 e. The number of aliphatic carboxylic acids is 1. The van der Waals surface area contributed by atoms with Gasteiger partial charge >= 0.3 is 5.97 Å². The molecule has 2 rings (SSSR count). The second-order valence-electron chi connectivity index (χ2n) is 12.7. The van der Waals surface area contributed by atoms with Crippen molar-refractivity contribution < 1.29 is 19.5 Å². The van der Waals surface area contributed by atoms with E-state index in [1.807, 2.05) is 53.1 Å². The average molecular weight is 563 g/mol. The Kier molecular flexibility index (Phi) is 13.3. The second kappa shape index (κ2) is 16.1. The van der Waals surface area contributed by atoms with E-state index < -0.39 is 5.97 Å². The third-order valence-corrected chi connectivity index (χ3v) is 7.19. The molecular weight excluding hydrogens is 512 g/mol. The van der Waals surface area contributed by atoms with Gasteiger partial charge in [0.15, 0.2) is 0 Å². The molecule has 2 amide bonds. The summed E-state index contributed by atoms with van der Waals surface area (Å²) in [5.41, 5.74) is 1.75. The fourth-order valence-corrected chi connectivity index (χ4v) is 5.82. The van der Waals surface area contributed by atoms with E-state index >= 15 is 0 Å². The van der Waals surface area contributed by atoms with Crippen molar-refractivity contribution in [3.8, 4) is 0 Å². The maximum atomic E-state index is 14.0. The van der Waals surface area contributed by atoms with E-state index in [0.29, 0.717) is 32.4 Å². The van der Waals surface area contributed by atoms with Gasteiger partial charge in [-0.25, -0.2) is 0 Å². The molecule has 0 aliphatic rings. The predicted octanol–water partition coefficient (Wildman–Crippen LogP) is 7.65. The fourth-order valence-electron chi connectivity index (χ4n) is 5.82. The van der Waals surface area contributed by atoms with Gasteiger partial charge in [-0.3, -0.25) is 14.4 Å². The first-order chi connectivity index (χ1) is 19.4. The van der Waals surface area contributed by atoms with Gasteiger partial charge in [-0.05, 0) is 69.1 Å². The molecule has 0 heterocycles. The van der Waals surface area contributed by atoms with Crippen LogP contribution in [0.15, 0.2) is 72.8 Å². The van der Waals surface area contributed by atoms with Crippen molar-refractivity contribution in [2.45, 2.75) is 98.1 Å². The number of carboxylic acid groups (broad SMARTS) is 1. The van der Waals surface area contributed by atoms with Crippen LogP contribution in [0.2, 0.25) is 0 Å². The number of rotatable bonds is 16. The molecule has 0 fully saturated rings. The maximum absolute atomic E-state index is 14.0. The summed E-state index contributed by atoms with van der Waals surface area (Å²) in [5.74, 6) is -0.792. The first-order valence-corrected chi connectivity index (χ1v) is 14.9. The Hall–Kier alpha value is -3.41. The number of nitrogens with zero attached hydrogens (tertiary/aromatic N) is 2. The maximum Gasteiger partial charge on any atom is 0.303 e. The number of hydrogen-bond acceptors (Lipinski definition) is 3. The van der Waals surface area contributed by atoms with E-state index in [-0.39, 0.29) is 35.2 Å². The van der Waals surface area contributed by atoms with Gasteiger partial charge in [0, 0.05) is 31.5 Å². The zero-order valence-corrected chi connectivity index (χ0v) is 25.9. The summed E-state index contributed by atoms with van der Waals surface area (Å²) in [6.45, 7) is 13.6. The van der Waals surface area contributed by atoms with Crippen molar-refractivity contribution in [3.63, 3.8) is 0 Å². The van der Waals surface area contributed by atoms with Crippen LogP contribution >= 0.6 is 0 Å². The van der Waals surface area contributed by atoms with Crippen molar-refractivity contribution in [1.29, 1.82) is 0 Å². The van der Waals surface area contributed by atoms with Gasteiger partial charge in [0.05, 0.1) is 6.04 Å². The van der Waals surface area contributed by atoms with E-state index in [0.717, 1.165) is 30.4 Å². The smallest absolute Gasteiger partial charge is 0.303 e. The van der Waals surface area contributed by atoms with Crippen LogP contribution in [0.3, 0.4) is 0 Å². The highest BCUT2D eigenvalue weighted by molar-refractivity contribution is 5.88. The molecule has 0 spiro atoms. The molecule has 41 heavy (non-hydrogen) atoms. The quantitative estimate of drug-likeness (QED) is 0.168. The number of benzene rings is 2. The van der Waals surface area contributed by atoms with E-state index in [1.165, 1.54) is 0 Å². The lowest BCUT2D eigenvalue weighted by molar-refractivity contribution is -0.137. The molecule has 0 atom stereocenters. The summed E-state index contributed by atoms with van der Waals surface area (Å²) in [5, 5.41) is 9.03. The fraction of sp³-hybridized carbons (Fsp3) is 0.514. The number of carbonyl (C=O) groups is 3. The molecule has 0 unspecified atom stereocenters. The molecular formula is C35H50N2O4. The molecule has 2 aromatic carbocycles. The lowest BCUT2D eigenvalue weighted by atomic mass is 9.80. The van der Waals surface area contributed by atoms with Gasteiger partial charge in [-0.15, -0.1) is 0 Å². The summed E-state index contributed by atoms with van der Waals surface area (Å²) in [6, 6.07) is 19.9. The topological polar surface area (TPSA) is 77.9 Å². The lowest BCUT2D eigenvalue weighted by Crippen LogP contribution is -2.49. The molecule has 6 nitrogen and oxygen atoms in total. The van der Waals surface area contributed by atoms with Crippen molar-refractivity contribution >= 4 is 17.8 Å². The van der Waals surface area contributed by atoms with Gasteiger partial charge in [-0.1, -0.05) is 93.9 Å². The molecule has 0 bridgehead atoms. The number of carboxylic acids is 1. The van der Waals surface area contributed by atoms with E-state index in [4.69, 9.17) is 5.11 Å². The summed E-state index contributed by atoms with van der Waals surface area (Å²) < 4.78 is 0. The van der Waals surface area contributed by atoms with E-state index in [1.54, 1.807) is 12.2 Å². The van der Waals surface area contributed by atoms with E-state index in [2.05, 4.69) is 58.9 Å². The molecule has 0 saturated heterocycles. The van der Waals surface area contributed by atoms with Crippen LogP contribution in [-0.2, 0) is 14.4 Å². The highest BCUT2D eigenvalue weighted by Gasteiger charge is 2.34. The Bertz CT molecular complexity index is 1080. The van der Waals surface area contributed by atoms with E-state index in [9.17, 15) is 14.4 Å². The average Bonchev–Trinajstić information content (AvgIpc) is 2.89. The molecule has 6 heteroatoms. The molecule has 0 aliphatic carbocycles. The van der Waals surface area contributed by atoms with Crippen LogP contribution in [-0.4, -0.2) is 51.3 Å². The van der Waals surface area contributed by atoms with Gasteiger partial charge in [0.2, 0.25) is 11.8 Å². The number of carbonyl (C=O) groups excluding carboxylic acids is 2. The number of amides is 2. The molecule has 224 valence electrons. The first kappa shape index (κ1) is 33.8. The largest absolute Gasteiger partial charge is 0.481 e. The Morgan fingerprint density at radius 2 is 1.34 bits per heavy atom. The van der Waals surface area contributed by atoms with Gasteiger partial charge in [0.25, 0.3) is 0 Å². The van der Waals surface area contributed by atoms with Crippen LogP contribution in [0.25, 0.3) is 0 Å². The second-order valence-corrected chi connectivity index (χ2v) is 12.7. The molecule has 0 aromatic heterocycles. The number of hydrogen-bond donors (Lipinski definition) is 1. The minimum atomic E-state index is -0.796. The van der Waals surface area contributed by atoms with Gasteiger partial charge < -0.3 is 14.9 Å². The SMILES string of the molecule is C/C=C/C(=O)N(CCCC(=O)N(CCCCCC(=O)O)C(c1ccccc1)c1ccccc1)C(C)(C)CC(C)(C)C. The van der Waals surface area contributed by atoms with Crippen LogP contribution in [0.5, 0.6) is 0 Å². The first-order valence-electron chi connectivity index (χ1n) is 14.9. The van der Waals surface area contributed by atoms with Crippen LogP contribution < -0.4 is 0 Å². The Morgan fingerprint density at radius 1 is 0.780 bits per heavy atom. The van der Waals surface area contributed by atoms with Crippen LogP contribution in [0, 0.1) is 5.41 Å². The molecule has 0 aliphatic heterocycles. The third-order valence-electron chi connectivity index (χ3n) is 7.19. The molecule has 2 aromatic rings. The number of allylic oxidation sites excluding steroid dienone is 1. The third kappa shape index (κ3) is 11.5. The van der Waals surface area contributed by atoms with Gasteiger partial charge in [-0.2, -0.15) is 0 Å². The zero-order valence-electron chi connectivity index (χ0n) is 25.9. The molecule has 1 N–H and O–H groups in total. The van der Waals surface area contributed by atoms with Crippen molar-refractivity contribution in [2.75, 3.05) is 13.1 Å². The van der Waals surface area contributed by atoms with Crippen LogP contribution in [0.1, 0.15) is 104 Å². The Labute approximate surface area is 247 Å². The molecule has 0 saturated carbocycles. The molecule has 0 radical (unpaired) electrons. The van der Waals surface area contributed by atoms with Crippen molar-refractivity contribution in [1.82, 2.24) is 9.80 Å². The zero-order chi connectivity index (χ0) is 30.5. The minimum absolute atomic E-state index is 0.0315. The Morgan fingerprint density at radius 3 is 1.83 bits per heavy atom. The Balaban J connectivity index is 2.29. The standard InChI is InChI=1S/C35H50N2O4/c1-7-18-31(39)37(35(5,6)27-34(2,3)4)26-17-23-30(38)36(25-16-10-15-24-32(40)41)33(28-19-11-8-12-20-28)29-21-13-9-14-22-29/h7-9,11-14,18-22,33H,10,15-17,23-27H2,1-6H3,(H,40,41)/b18-7+. The summed E-state index contributed by atoms with van der Waals surface area (Å²) in [6.07, 6.45) is 7.26. The summed E-state index contributed by atoms with van der Waals surface area (Å²) in [4.78, 5) is 41.9. The highest BCUT2D eigenvalue weighted by atomic mass is 16.4. The summed E-state index contributed by atoms with van der Waals surface area (Å²) in [7, 11) is 0. The monoisotopic (exact) mass is 562 g/mol. The van der Waals surface area contributed by atoms with Crippen molar-refractivity contribution in [2.24, 2.45) is 5.41 Å². The lowest BCUT2D eigenvalue weighted by Gasteiger charge is -2.42. The number of unbranched alkanes of at least 4 members (excludes halogenated alkanes) is 2. The summed E-state index contributed by atoms with van der Waals surface area (Å²) >= 11 is 0. The highest BCUT2D eigenvalue weighted by Crippen LogP contribution is 2.33.